The van der Waals surface area contributed by atoms with Crippen LogP contribution in [-0.2, 0) is 0 Å². The van der Waals surface area contributed by atoms with Crippen molar-refractivity contribution in [2.24, 2.45) is 4.99 Å². The highest BCUT2D eigenvalue weighted by atomic mass is 35.5. The van der Waals surface area contributed by atoms with Gasteiger partial charge in [0.2, 0.25) is 0 Å². The molecule has 1 aliphatic heterocycles. The van der Waals surface area contributed by atoms with Crippen LogP contribution in [0.3, 0.4) is 0 Å². The van der Waals surface area contributed by atoms with Gasteiger partial charge < -0.3 is 0 Å². The van der Waals surface area contributed by atoms with Crippen molar-refractivity contribution in [3.05, 3.63) is 28.8 Å². The van der Waals surface area contributed by atoms with Gasteiger partial charge >= 0.3 is 0 Å². The first-order valence-corrected chi connectivity index (χ1v) is 5.01. The zero-order valence-corrected chi connectivity index (χ0v) is 8.38. The van der Waals surface area contributed by atoms with Crippen molar-refractivity contribution in [1.29, 1.82) is 0 Å². The molecule has 0 aromatic heterocycles. The Bertz CT molecular complexity index is 344. The van der Waals surface area contributed by atoms with E-state index in [-0.39, 0.29) is 0 Å². The number of rotatable bonds is 1. The van der Waals surface area contributed by atoms with Crippen LogP contribution in [0.4, 0.5) is 5.69 Å². The van der Waals surface area contributed by atoms with Crippen molar-refractivity contribution in [2.75, 3.05) is 0 Å². The summed E-state index contributed by atoms with van der Waals surface area (Å²) in [5, 5.41) is 0.771. The van der Waals surface area contributed by atoms with Gasteiger partial charge in [0.05, 0.1) is 5.69 Å². The predicted octanol–water partition coefficient (Wildman–Crippen LogP) is 3.94. The molecule has 1 nitrogen and oxygen atoms in total. The van der Waals surface area contributed by atoms with Gasteiger partial charge in [-0.25, -0.2) is 0 Å². The predicted molar refractivity (Wildman–Crippen MR) is 57.3 cm³/mol. The van der Waals surface area contributed by atoms with Crippen molar-refractivity contribution in [1.82, 2.24) is 0 Å². The Morgan fingerprint density at radius 2 is 2.38 bits per heavy atom. The number of benzene rings is 1. The summed E-state index contributed by atoms with van der Waals surface area (Å²) in [6.07, 6.45) is 4.22. The fraction of sp³-hybridized carbons (Fsp3) is 0.364. The molecule has 0 spiro atoms. The summed E-state index contributed by atoms with van der Waals surface area (Å²) in [6, 6.07) is 5.99. The Balaban J connectivity index is 2.47. The number of halogens is 1. The fourth-order valence-corrected chi connectivity index (χ4v) is 1.93. The molecule has 13 heavy (non-hydrogen) atoms. The van der Waals surface area contributed by atoms with Crippen LogP contribution >= 0.6 is 11.6 Å². The first kappa shape index (κ1) is 8.76. The van der Waals surface area contributed by atoms with Crippen molar-refractivity contribution in [3.8, 4) is 0 Å². The van der Waals surface area contributed by atoms with Crippen LogP contribution in [0.1, 0.15) is 31.2 Å². The summed E-state index contributed by atoms with van der Waals surface area (Å²) in [5.74, 6) is 0.629. The van der Waals surface area contributed by atoms with Gasteiger partial charge in [0.25, 0.3) is 0 Å². The van der Waals surface area contributed by atoms with E-state index in [2.05, 4.69) is 18.0 Å². The summed E-state index contributed by atoms with van der Waals surface area (Å²) in [7, 11) is 0. The van der Waals surface area contributed by atoms with Gasteiger partial charge in [-0.2, -0.15) is 0 Å². The lowest BCUT2D eigenvalue weighted by atomic mass is 9.90. The highest BCUT2D eigenvalue weighted by Crippen LogP contribution is 2.35. The third-order valence-corrected chi connectivity index (χ3v) is 2.78. The van der Waals surface area contributed by atoms with Crippen LogP contribution in [0, 0.1) is 0 Å². The molecule has 0 aliphatic carbocycles. The van der Waals surface area contributed by atoms with Crippen molar-refractivity contribution >= 4 is 23.5 Å². The maximum Gasteiger partial charge on any atom is 0.0675 e. The third kappa shape index (κ3) is 1.61. The van der Waals surface area contributed by atoms with E-state index in [1.165, 1.54) is 12.0 Å². The molecule has 0 amide bonds. The van der Waals surface area contributed by atoms with E-state index in [1.807, 2.05) is 18.3 Å². The summed E-state index contributed by atoms with van der Waals surface area (Å²) < 4.78 is 0. The largest absolute Gasteiger partial charge is 0.261 e. The molecule has 0 fully saturated rings. The molecule has 1 heterocycles. The van der Waals surface area contributed by atoms with Crippen molar-refractivity contribution < 1.29 is 0 Å². The standard InChI is InChI=1S/C11H12ClN/c1-2-8-5-6-13-11-7-9(12)3-4-10(8)11/h3-4,6-8H,2,5H2,1H3. The summed E-state index contributed by atoms with van der Waals surface area (Å²) in [5.41, 5.74) is 2.39. The van der Waals surface area contributed by atoms with Crippen LogP contribution in [0.2, 0.25) is 5.02 Å². The van der Waals surface area contributed by atoms with E-state index >= 15 is 0 Å². The first-order chi connectivity index (χ1) is 6.31. The van der Waals surface area contributed by atoms with Gasteiger partial charge in [-0.3, -0.25) is 4.99 Å². The molecule has 2 heteroatoms. The van der Waals surface area contributed by atoms with Crippen molar-refractivity contribution in [3.63, 3.8) is 0 Å². The van der Waals surface area contributed by atoms with Gasteiger partial charge in [0, 0.05) is 11.2 Å². The van der Waals surface area contributed by atoms with E-state index in [0.717, 1.165) is 17.1 Å². The molecule has 0 saturated carbocycles. The minimum Gasteiger partial charge on any atom is -0.261 e. The molecule has 0 saturated heterocycles. The van der Waals surface area contributed by atoms with Gasteiger partial charge in [-0.15, -0.1) is 0 Å². The van der Waals surface area contributed by atoms with Crippen LogP contribution in [0.15, 0.2) is 23.2 Å². The van der Waals surface area contributed by atoms with Crippen LogP contribution in [-0.4, -0.2) is 6.21 Å². The second-order valence-electron chi connectivity index (χ2n) is 3.36. The smallest absolute Gasteiger partial charge is 0.0675 e. The second-order valence-corrected chi connectivity index (χ2v) is 3.79. The summed E-state index contributed by atoms with van der Waals surface area (Å²) >= 11 is 5.89. The van der Waals surface area contributed by atoms with E-state index in [1.54, 1.807) is 0 Å². The van der Waals surface area contributed by atoms with E-state index in [0.29, 0.717) is 5.92 Å². The molecule has 1 aromatic rings. The molecule has 68 valence electrons. The zero-order valence-electron chi connectivity index (χ0n) is 7.63. The minimum atomic E-state index is 0.629. The molecule has 0 bridgehead atoms. The highest BCUT2D eigenvalue weighted by molar-refractivity contribution is 6.30. The molecular weight excluding hydrogens is 182 g/mol. The van der Waals surface area contributed by atoms with Crippen LogP contribution < -0.4 is 0 Å². The van der Waals surface area contributed by atoms with Crippen molar-refractivity contribution in [2.45, 2.75) is 25.7 Å². The molecule has 2 rings (SSSR count). The Labute approximate surface area is 83.4 Å². The number of aliphatic imine (C=N–C) groups is 1. The van der Waals surface area contributed by atoms with Gasteiger partial charge in [-0.05, 0) is 36.5 Å². The lowest BCUT2D eigenvalue weighted by Crippen LogP contribution is -2.02. The Kier molecular flexibility index (Phi) is 2.36. The topological polar surface area (TPSA) is 12.4 Å². The maximum absolute atomic E-state index is 5.89. The maximum atomic E-state index is 5.89. The molecular formula is C11H12ClN. The minimum absolute atomic E-state index is 0.629. The highest BCUT2D eigenvalue weighted by Gasteiger charge is 2.15. The quantitative estimate of drug-likeness (QED) is 0.641. The second kappa shape index (κ2) is 3.51. The average Bonchev–Trinajstić information content (AvgIpc) is 2.16. The number of hydrogen-bond acceptors (Lipinski definition) is 1. The lowest BCUT2D eigenvalue weighted by molar-refractivity contribution is 0.690. The monoisotopic (exact) mass is 193 g/mol. The first-order valence-electron chi connectivity index (χ1n) is 4.63. The zero-order chi connectivity index (χ0) is 9.26. The molecule has 1 unspecified atom stereocenters. The molecule has 0 N–H and O–H groups in total. The number of fused-ring (bicyclic) bond motifs is 1. The number of hydrogen-bond donors (Lipinski definition) is 0. The average molecular weight is 194 g/mol. The van der Waals surface area contributed by atoms with E-state index in [4.69, 9.17) is 11.6 Å². The van der Waals surface area contributed by atoms with Crippen LogP contribution in [0.5, 0.6) is 0 Å². The SMILES string of the molecule is CCC1CC=Nc2cc(Cl)ccc21. The van der Waals surface area contributed by atoms with Crippen LogP contribution in [0.25, 0.3) is 0 Å². The molecule has 1 aromatic carbocycles. The Hall–Kier alpha value is -0.820. The third-order valence-electron chi connectivity index (χ3n) is 2.55. The lowest BCUT2D eigenvalue weighted by Gasteiger charge is -2.19. The molecule has 1 aliphatic rings. The number of nitrogens with zero attached hydrogens (tertiary/aromatic N) is 1. The van der Waals surface area contributed by atoms with Gasteiger partial charge in [-0.1, -0.05) is 24.6 Å². The summed E-state index contributed by atoms with van der Waals surface area (Å²) in [6.45, 7) is 2.21. The van der Waals surface area contributed by atoms with Gasteiger partial charge in [0.15, 0.2) is 0 Å². The van der Waals surface area contributed by atoms with E-state index < -0.39 is 0 Å². The Morgan fingerprint density at radius 3 is 3.15 bits per heavy atom. The fourth-order valence-electron chi connectivity index (χ4n) is 1.77. The normalized spacial score (nSPS) is 20.0. The Morgan fingerprint density at radius 1 is 1.54 bits per heavy atom. The van der Waals surface area contributed by atoms with Gasteiger partial charge in [0.1, 0.15) is 0 Å². The molecule has 0 radical (unpaired) electrons. The summed E-state index contributed by atoms with van der Waals surface area (Å²) in [4.78, 5) is 4.34. The molecule has 1 atom stereocenters. The van der Waals surface area contributed by atoms with E-state index in [9.17, 15) is 0 Å².